The SMILES string of the molecule is COCc1cc(-c2ccccn2)c2c(c1O)C(=O)C1C(=O)[C@]3(O)C(=O)C(C(N)=O)C(=O)[C@@H](N(C)C)[C@@H]3C[C@@H]1C2. The summed E-state index contributed by atoms with van der Waals surface area (Å²) < 4.78 is 5.21. The van der Waals surface area contributed by atoms with Gasteiger partial charge in [0.2, 0.25) is 5.91 Å². The number of pyridine rings is 1. The molecule has 0 radical (unpaired) electrons. The van der Waals surface area contributed by atoms with Crippen molar-refractivity contribution in [3.63, 3.8) is 0 Å². The number of carbonyl (C=O) groups excluding carboxylic acids is 5. The zero-order valence-electron chi connectivity index (χ0n) is 21.7. The molecule has 4 N–H and O–H groups in total. The number of primary amides is 1. The highest BCUT2D eigenvalue weighted by Gasteiger charge is 2.69. The number of likely N-dealkylation sites (N-methyl/N-ethyl adjacent to an activating group) is 1. The number of phenols is 1. The van der Waals surface area contributed by atoms with Crippen LogP contribution in [0.25, 0.3) is 11.3 Å². The number of phenolic OH excluding ortho intramolecular Hbond substituents is 1. The predicted molar refractivity (Wildman–Crippen MR) is 135 cm³/mol. The van der Waals surface area contributed by atoms with E-state index in [-0.39, 0.29) is 30.8 Å². The van der Waals surface area contributed by atoms with Crippen molar-refractivity contribution in [2.24, 2.45) is 29.4 Å². The van der Waals surface area contributed by atoms with E-state index in [4.69, 9.17) is 10.5 Å². The van der Waals surface area contributed by atoms with Crippen LogP contribution in [0.3, 0.4) is 0 Å². The van der Waals surface area contributed by atoms with E-state index in [9.17, 15) is 34.2 Å². The Bertz CT molecular complexity index is 1420. The molecular formula is C28H29N3O8. The van der Waals surface area contributed by atoms with Crippen molar-refractivity contribution in [1.29, 1.82) is 0 Å². The second-order valence-corrected chi connectivity index (χ2v) is 10.7. The van der Waals surface area contributed by atoms with Crippen molar-refractivity contribution in [3.8, 4) is 17.0 Å². The summed E-state index contributed by atoms with van der Waals surface area (Å²) in [6.45, 7) is -0.0221. The lowest BCUT2D eigenvalue weighted by molar-refractivity contribution is -0.181. The van der Waals surface area contributed by atoms with E-state index in [1.807, 2.05) is 0 Å². The first-order valence-corrected chi connectivity index (χ1v) is 12.6. The van der Waals surface area contributed by atoms with E-state index < -0.39 is 64.4 Å². The summed E-state index contributed by atoms with van der Waals surface area (Å²) in [6.07, 6.45) is 1.73. The van der Waals surface area contributed by atoms with Gasteiger partial charge in [-0.15, -0.1) is 0 Å². The molecule has 3 aliphatic rings. The number of hydrogen-bond donors (Lipinski definition) is 3. The maximum Gasteiger partial charge on any atom is 0.235 e. The van der Waals surface area contributed by atoms with Crippen molar-refractivity contribution < 1.29 is 38.9 Å². The molecule has 11 nitrogen and oxygen atoms in total. The molecule has 1 aromatic heterocycles. The van der Waals surface area contributed by atoms with E-state index in [0.717, 1.165) is 0 Å². The summed E-state index contributed by atoms with van der Waals surface area (Å²) in [5.41, 5.74) is 4.44. The van der Waals surface area contributed by atoms with Gasteiger partial charge < -0.3 is 20.7 Å². The van der Waals surface area contributed by atoms with Crippen molar-refractivity contribution >= 4 is 29.0 Å². The number of benzene rings is 1. The number of methoxy groups -OCH3 is 1. The molecule has 1 heterocycles. The van der Waals surface area contributed by atoms with Gasteiger partial charge in [0.25, 0.3) is 0 Å². The van der Waals surface area contributed by atoms with Crippen LogP contribution in [0.4, 0.5) is 0 Å². The highest BCUT2D eigenvalue weighted by Crippen LogP contribution is 2.52. The number of fused-ring (bicyclic) bond motifs is 3. The maximum absolute atomic E-state index is 14.0. The maximum atomic E-state index is 14.0. The largest absolute Gasteiger partial charge is 0.507 e. The molecule has 2 unspecified atom stereocenters. The number of aromatic hydroxyl groups is 1. The third-order valence-electron chi connectivity index (χ3n) is 8.38. The van der Waals surface area contributed by atoms with Gasteiger partial charge in [0, 0.05) is 30.4 Å². The van der Waals surface area contributed by atoms with Crippen LogP contribution in [0.2, 0.25) is 0 Å². The molecule has 2 fully saturated rings. The number of nitrogens with zero attached hydrogens (tertiary/aromatic N) is 2. The number of ether oxygens (including phenoxy) is 1. The van der Waals surface area contributed by atoms with Gasteiger partial charge in [-0.3, -0.25) is 33.9 Å². The molecule has 0 spiro atoms. The number of ketones is 4. The minimum atomic E-state index is -2.76. The van der Waals surface area contributed by atoms with Gasteiger partial charge >= 0.3 is 0 Å². The molecule has 2 saturated carbocycles. The Hall–Kier alpha value is -3.80. The smallest absolute Gasteiger partial charge is 0.235 e. The summed E-state index contributed by atoms with van der Waals surface area (Å²) in [7, 11) is 4.52. The fourth-order valence-electron chi connectivity index (χ4n) is 6.74. The second-order valence-electron chi connectivity index (χ2n) is 10.7. The van der Waals surface area contributed by atoms with Gasteiger partial charge in [-0.25, -0.2) is 0 Å². The molecule has 0 bridgehead atoms. The second kappa shape index (κ2) is 9.44. The standard InChI is InChI=1S/C28H29N3O8/c1-31(2)21-16-10-12-8-15-14(17-6-4-5-7-30-17)9-13(11-39-3)22(32)19(15)23(33)18(12)25(35)28(16,38)26(36)20(24(21)34)27(29)37/h4-7,9,12,16,18,20-21,32,38H,8,10-11H2,1-3H3,(H2,29,37)/t12-,16-,18?,20?,21-,28-/m0/s1. The molecular weight excluding hydrogens is 506 g/mol. The number of aromatic nitrogens is 1. The predicted octanol–water partition coefficient (Wildman–Crippen LogP) is 0.0754. The first kappa shape index (κ1) is 26.8. The molecule has 3 aliphatic carbocycles. The third-order valence-corrected chi connectivity index (χ3v) is 8.38. The Morgan fingerprint density at radius 3 is 2.51 bits per heavy atom. The lowest BCUT2D eigenvalue weighted by atomic mass is 9.52. The summed E-state index contributed by atoms with van der Waals surface area (Å²) >= 11 is 0. The number of nitrogens with two attached hydrogens (primary N) is 1. The Balaban J connectivity index is 1.70. The number of carbonyl (C=O) groups is 5. The van der Waals surface area contributed by atoms with Gasteiger partial charge in [0.15, 0.2) is 34.7 Å². The van der Waals surface area contributed by atoms with Crippen LogP contribution in [0.15, 0.2) is 30.5 Å². The monoisotopic (exact) mass is 535 g/mol. The number of aliphatic hydroxyl groups is 1. The van der Waals surface area contributed by atoms with Crippen molar-refractivity contribution in [1.82, 2.24) is 9.88 Å². The van der Waals surface area contributed by atoms with E-state index in [1.165, 1.54) is 12.0 Å². The summed E-state index contributed by atoms with van der Waals surface area (Å²) in [6, 6.07) is 5.83. The zero-order valence-corrected chi connectivity index (χ0v) is 21.7. The van der Waals surface area contributed by atoms with E-state index in [1.54, 1.807) is 44.6 Å². The average molecular weight is 536 g/mol. The van der Waals surface area contributed by atoms with Crippen LogP contribution in [0.5, 0.6) is 5.75 Å². The average Bonchev–Trinajstić information content (AvgIpc) is 2.88. The molecule has 0 saturated heterocycles. The van der Waals surface area contributed by atoms with Crippen molar-refractivity contribution in [3.05, 3.63) is 47.2 Å². The molecule has 6 atom stereocenters. The van der Waals surface area contributed by atoms with E-state index in [2.05, 4.69) is 4.98 Å². The lowest BCUT2D eigenvalue weighted by Gasteiger charge is -2.52. The molecule has 1 aromatic carbocycles. The normalized spacial score (nSPS) is 30.1. The highest BCUT2D eigenvalue weighted by atomic mass is 16.5. The van der Waals surface area contributed by atoms with Crippen LogP contribution in [0, 0.1) is 23.7 Å². The Morgan fingerprint density at radius 1 is 1.21 bits per heavy atom. The lowest BCUT2D eigenvalue weighted by Crippen LogP contribution is -2.74. The van der Waals surface area contributed by atoms with E-state index in [0.29, 0.717) is 22.4 Å². The Kier molecular flexibility index (Phi) is 6.48. The highest BCUT2D eigenvalue weighted by molar-refractivity contribution is 6.32. The topological polar surface area (TPSA) is 177 Å². The van der Waals surface area contributed by atoms with Gasteiger partial charge in [0.1, 0.15) is 5.75 Å². The number of amides is 1. The summed E-state index contributed by atoms with van der Waals surface area (Å²) in [5.74, 6) is -10.8. The number of Topliss-reactive ketones (excluding diaryl/α,β-unsaturated/α-hetero) is 4. The van der Waals surface area contributed by atoms with Crippen LogP contribution >= 0.6 is 0 Å². The number of hydrogen-bond acceptors (Lipinski definition) is 10. The fraction of sp³-hybridized carbons (Fsp3) is 0.429. The van der Waals surface area contributed by atoms with Gasteiger partial charge in [-0.2, -0.15) is 0 Å². The summed E-state index contributed by atoms with van der Waals surface area (Å²) in [5, 5.41) is 22.8. The van der Waals surface area contributed by atoms with Crippen LogP contribution in [0.1, 0.15) is 27.9 Å². The molecule has 2 aromatic rings. The number of rotatable bonds is 5. The fourth-order valence-corrected chi connectivity index (χ4v) is 6.74. The molecule has 0 aliphatic heterocycles. The van der Waals surface area contributed by atoms with Crippen LogP contribution in [-0.2, 0) is 36.9 Å². The third kappa shape index (κ3) is 3.75. The van der Waals surface area contributed by atoms with Crippen LogP contribution in [-0.4, -0.2) is 82.0 Å². The Morgan fingerprint density at radius 2 is 1.92 bits per heavy atom. The first-order chi connectivity index (χ1) is 18.4. The Labute approximate surface area is 224 Å². The molecule has 11 heteroatoms. The zero-order chi connectivity index (χ0) is 28.4. The minimum Gasteiger partial charge on any atom is -0.507 e. The van der Waals surface area contributed by atoms with Gasteiger partial charge in [0.05, 0.1) is 29.8 Å². The van der Waals surface area contributed by atoms with E-state index >= 15 is 0 Å². The molecule has 1 amide bonds. The van der Waals surface area contributed by atoms with Gasteiger partial charge in [-0.1, -0.05) is 6.07 Å². The first-order valence-electron chi connectivity index (χ1n) is 12.6. The van der Waals surface area contributed by atoms with Gasteiger partial charge in [-0.05, 0) is 56.6 Å². The molecule has 5 rings (SSSR count). The molecule has 204 valence electrons. The molecule has 39 heavy (non-hydrogen) atoms. The quantitative estimate of drug-likeness (QED) is 0.444. The summed E-state index contributed by atoms with van der Waals surface area (Å²) in [4.78, 5) is 72.6. The van der Waals surface area contributed by atoms with Crippen LogP contribution < -0.4 is 5.73 Å². The van der Waals surface area contributed by atoms with Crippen molar-refractivity contribution in [2.45, 2.75) is 31.1 Å². The van der Waals surface area contributed by atoms with Crippen molar-refractivity contribution in [2.75, 3.05) is 21.2 Å². The minimum absolute atomic E-state index is 0.0217.